The summed E-state index contributed by atoms with van der Waals surface area (Å²) >= 11 is 0. The lowest BCUT2D eigenvalue weighted by Crippen LogP contribution is -2.45. The molecule has 0 radical (unpaired) electrons. The zero-order chi connectivity index (χ0) is 14.9. The van der Waals surface area contributed by atoms with Gasteiger partial charge >= 0.3 is 0 Å². The second kappa shape index (κ2) is 5.04. The minimum absolute atomic E-state index is 0.112. The SMILES string of the molecule is O=C1NC(c2ccccc2)=NNC1c1c[nH]c2ccccc12. The Labute approximate surface area is 127 Å². The molecule has 3 aromatic rings. The first-order chi connectivity index (χ1) is 10.8. The van der Waals surface area contributed by atoms with E-state index in [1.807, 2.05) is 60.8 Å². The Bertz CT molecular complexity index is 867. The fraction of sp³-hybridized carbons (Fsp3) is 0.0588. The minimum atomic E-state index is -0.497. The van der Waals surface area contributed by atoms with E-state index in [1.54, 1.807) is 0 Å². The van der Waals surface area contributed by atoms with E-state index >= 15 is 0 Å². The summed E-state index contributed by atoms with van der Waals surface area (Å²) in [6.45, 7) is 0. The van der Waals surface area contributed by atoms with Gasteiger partial charge in [0.05, 0.1) is 0 Å². The van der Waals surface area contributed by atoms with Crippen LogP contribution in [0.4, 0.5) is 0 Å². The quantitative estimate of drug-likeness (QED) is 0.678. The van der Waals surface area contributed by atoms with Crippen LogP contribution in [0.1, 0.15) is 17.2 Å². The van der Waals surface area contributed by atoms with Crippen LogP contribution in [0.3, 0.4) is 0 Å². The van der Waals surface area contributed by atoms with Gasteiger partial charge in [0.2, 0.25) is 0 Å². The van der Waals surface area contributed by atoms with Crippen molar-refractivity contribution in [3.05, 3.63) is 71.9 Å². The fourth-order valence-electron chi connectivity index (χ4n) is 2.68. The molecule has 2 aromatic carbocycles. The van der Waals surface area contributed by atoms with Crippen LogP contribution in [0.5, 0.6) is 0 Å². The van der Waals surface area contributed by atoms with Crippen LogP contribution in [0.2, 0.25) is 0 Å². The third-order valence-electron chi connectivity index (χ3n) is 3.79. The number of rotatable bonds is 2. The largest absolute Gasteiger partial charge is 0.361 e. The number of hydrogen-bond donors (Lipinski definition) is 3. The summed E-state index contributed by atoms with van der Waals surface area (Å²) in [5.74, 6) is 0.431. The van der Waals surface area contributed by atoms with Gasteiger partial charge in [-0.15, -0.1) is 0 Å². The Kier molecular flexibility index (Phi) is 2.89. The predicted molar refractivity (Wildman–Crippen MR) is 85.3 cm³/mol. The minimum Gasteiger partial charge on any atom is -0.361 e. The van der Waals surface area contributed by atoms with Gasteiger partial charge in [0.1, 0.15) is 6.04 Å². The predicted octanol–water partition coefficient (Wildman–Crippen LogP) is 2.29. The lowest BCUT2D eigenvalue weighted by molar-refractivity contribution is -0.122. The molecular formula is C17H14N4O. The number of amidine groups is 1. The van der Waals surface area contributed by atoms with Crippen LogP contribution >= 0.6 is 0 Å². The summed E-state index contributed by atoms with van der Waals surface area (Å²) in [5, 5.41) is 8.21. The van der Waals surface area contributed by atoms with Crippen molar-refractivity contribution in [2.24, 2.45) is 5.10 Å². The molecule has 0 saturated heterocycles. The number of hydrogen-bond acceptors (Lipinski definition) is 3. The van der Waals surface area contributed by atoms with Gasteiger partial charge in [0, 0.05) is 28.2 Å². The number of aromatic nitrogens is 1. The molecule has 3 N–H and O–H groups in total. The number of hydrazone groups is 1. The molecule has 4 rings (SSSR count). The monoisotopic (exact) mass is 290 g/mol. The van der Waals surface area contributed by atoms with Crippen molar-refractivity contribution in [3.8, 4) is 0 Å². The smallest absolute Gasteiger partial charge is 0.254 e. The highest BCUT2D eigenvalue weighted by Gasteiger charge is 2.27. The second-order valence-corrected chi connectivity index (χ2v) is 5.17. The fourth-order valence-corrected chi connectivity index (χ4v) is 2.68. The van der Waals surface area contributed by atoms with Crippen molar-refractivity contribution in [3.63, 3.8) is 0 Å². The number of para-hydroxylation sites is 1. The van der Waals surface area contributed by atoms with Gasteiger partial charge in [0.15, 0.2) is 5.84 Å². The highest BCUT2D eigenvalue weighted by molar-refractivity contribution is 6.11. The number of nitrogens with zero attached hydrogens (tertiary/aromatic N) is 1. The number of benzene rings is 2. The van der Waals surface area contributed by atoms with Crippen LogP contribution in [-0.2, 0) is 4.79 Å². The first-order valence-corrected chi connectivity index (χ1v) is 7.08. The molecule has 108 valence electrons. The first kappa shape index (κ1) is 12.6. The lowest BCUT2D eigenvalue weighted by atomic mass is 10.0. The van der Waals surface area contributed by atoms with Crippen molar-refractivity contribution in [1.82, 2.24) is 15.7 Å². The molecule has 0 saturated carbocycles. The average molecular weight is 290 g/mol. The van der Waals surface area contributed by atoms with E-state index < -0.39 is 6.04 Å². The molecule has 1 aromatic heterocycles. The van der Waals surface area contributed by atoms with Gasteiger partial charge < -0.3 is 10.3 Å². The molecule has 1 atom stereocenters. The van der Waals surface area contributed by atoms with Crippen LogP contribution in [0.15, 0.2) is 65.9 Å². The van der Waals surface area contributed by atoms with Crippen molar-refractivity contribution in [1.29, 1.82) is 0 Å². The third-order valence-corrected chi connectivity index (χ3v) is 3.79. The van der Waals surface area contributed by atoms with Crippen molar-refractivity contribution in [2.75, 3.05) is 0 Å². The number of carbonyl (C=O) groups is 1. The van der Waals surface area contributed by atoms with E-state index in [-0.39, 0.29) is 5.91 Å². The molecule has 5 heteroatoms. The summed E-state index contributed by atoms with van der Waals surface area (Å²) in [6.07, 6.45) is 1.85. The van der Waals surface area contributed by atoms with Gasteiger partial charge in [-0.1, -0.05) is 48.5 Å². The number of nitrogens with one attached hydrogen (secondary N) is 3. The molecule has 0 aliphatic carbocycles. The number of carbonyl (C=O) groups excluding carboxylic acids is 1. The van der Waals surface area contributed by atoms with Crippen molar-refractivity contribution in [2.45, 2.75) is 6.04 Å². The standard InChI is InChI=1S/C17H14N4O/c22-17-15(13-10-18-14-9-5-4-8-12(13)14)20-21-16(19-17)11-6-2-1-3-7-11/h1-10,15,18,20H,(H,19,21,22). The van der Waals surface area contributed by atoms with Gasteiger partial charge in [-0.3, -0.25) is 10.2 Å². The molecule has 1 unspecified atom stereocenters. The van der Waals surface area contributed by atoms with E-state index in [0.717, 1.165) is 22.0 Å². The van der Waals surface area contributed by atoms with Crippen LogP contribution in [0, 0.1) is 0 Å². The van der Waals surface area contributed by atoms with Crippen LogP contribution < -0.4 is 10.7 Å². The van der Waals surface area contributed by atoms with Crippen LogP contribution in [0.25, 0.3) is 10.9 Å². The van der Waals surface area contributed by atoms with E-state index in [2.05, 4.69) is 20.8 Å². The summed E-state index contributed by atoms with van der Waals surface area (Å²) in [6, 6.07) is 17.0. The summed E-state index contributed by atoms with van der Waals surface area (Å²) in [4.78, 5) is 15.6. The summed E-state index contributed by atoms with van der Waals surface area (Å²) < 4.78 is 0. The van der Waals surface area contributed by atoms with Gasteiger partial charge in [0.25, 0.3) is 5.91 Å². The Morgan fingerprint density at radius 3 is 2.55 bits per heavy atom. The molecule has 0 fully saturated rings. The van der Waals surface area contributed by atoms with E-state index in [1.165, 1.54) is 0 Å². The number of aromatic amines is 1. The van der Waals surface area contributed by atoms with Gasteiger partial charge in [-0.2, -0.15) is 5.10 Å². The van der Waals surface area contributed by atoms with E-state index in [9.17, 15) is 4.79 Å². The topological polar surface area (TPSA) is 69.3 Å². The molecule has 0 bridgehead atoms. The maximum absolute atomic E-state index is 12.5. The number of H-pyrrole nitrogens is 1. The molecule has 22 heavy (non-hydrogen) atoms. The first-order valence-electron chi connectivity index (χ1n) is 7.08. The molecule has 1 aliphatic heterocycles. The maximum atomic E-state index is 12.5. The summed E-state index contributed by atoms with van der Waals surface area (Å²) in [5.41, 5.74) is 5.74. The summed E-state index contributed by atoms with van der Waals surface area (Å²) in [7, 11) is 0. The highest BCUT2D eigenvalue weighted by atomic mass is 16.2. The molecule has 2 heterocycles. The Hall–Kier alpha value is -3.08. The molecule has 0 spiro atoms. The van der Waals surface area contributed by atoms with Crippen molar-refractivity contribution >= 4 is 22.6 Å². The zero-order valence-electron chi connectivity index (χ0n) is 11.7. The highest BCUT2D eigenvalue weighted by Crippen LogP contribution is 2.25. The zero-order valence-corrected chi connectivity index (χ0v) is 11.7. The van der Waals surface area contributed by atoms with Gasteiger partial charge in [-0.05, 0) is 6.07 Å². The van der Waals surface area contributed by atoms with Crippen molar-refractivity contribution < 1.29 is 4.79 Å². The lowest BCUT2D eigenvalue weighted by Gasteiger charge is -2.22. The molecule has 1 aliphatic rings. The third kappa shape index (κ3) is 2.03. The van der Waals surface area contributed by atoms with E-state index in [0.29, 0.717) is 5.84 Å². The molecular weight excluding hydrogens is 276 g/mol. The molecule has 1 amide bonds. The van der Waals surface area contributed by atoms with E-state index in [4.69, 9.17) is 0 Å². The number of fused-ring (bicyclic) bond motifs is 1. The normalized spacial score (nSPS) is 17.7. The number of amides is 1. The van der Waals surface area contributed by atoms with Crippen LogP contribution in [-0.4, -0.2) is 16.7 Å². The van der Waals surface area contributed by atoms with Gasteiger partial charge in [-0.25, -0.2) is 0 Å². The Morgan fingerprint density at radius 2 is 1.73 bits per heavy atom. The Balaban J connectivity index is 1.68. The maximum Gasteiger partial charge on any atom is 0.254 e. The Morgan fingerprint density at radius 1 is 0.955 bits per heavy atom. The average Bonchev–Trinajstić information content (AvgIpc) is 2.99. The second-order valence-electron chi connectivity index (χ2n) is 5.17. The molecule has 5 nitrogen and oxygen atoms in total.